The summed E-state index contributed by atoms with van der Waals surface area (Å²) in [6.45, 7) is 0. The summed E-state index contributed by atoms with van der Waals surface area (Å²) in [6.07, 6.45) is 5.84. The molecular formula is C11H10ClFN6. The lowest BCUT2D eigenvalue weighted by molar-refractivity contribution is 0.313. The van der Waals surface area contributed by atoms with Gasteiger partial charge in [0.1, 0.15) is 6.17 Å². The van der Waals surface area contributed by atoms with Crippen molar-refractivity contribution >= 4 is 23.0 Å². The number of hydrazine groups is 1. The van der Waals surface area contributed by atoms with Crippen molar-refractivity contribution in [3.05, 3.63) is 46.9 Å². The minimum absolute atomic E-state index is 0.205. The maximum absolute atomic E-state index is 13.1. The third-order valence-electron chi connectivity index (χ3n) is 2.87. The van der Waals surface area contributed by atoms with Crippen molar-refractivity contribution in [1.82, 2.24) is 20.3 Å². The third kappa shape index (κ3) is 1.92. The second-order valence-electron chi connectivity index (χ2n) is 4.11. The van der Waals surface area contributed by atoms with Crippen LogP contribution in [0.25, 0.3) is 5.57 Å². The van der Waals surface area contributed by atoms with Crippen molar-refractivity contribution in [3.8, 4) is 0 Å². The Bertz CT molecular complexity index is 638. The van der Waals surface area contributed by atoms with E-state index in [1.807, 2.05) is 0 Å². The minimum atomic E-state index is -0.655. The number of hydrogen-bond acceptors (Lipinski definition) is 6. The zero-order valence-corrected chi connectivity index (χ0v) is 10.4. The number of hydrogen-bond donors (Lipinski definition) is 3. The normalized spacial score (nSPS) is 21.3. The van der Waals surface area contributed by atoms with Gasteiger partial charge >= 0.3 is 0 Å². The van der Waals surface area contributed by atoms with Gasteiger partial charge in [-0.3, -0.25) is 5.01 Å². The van der Waals surface area contributed by atoms with Crippen molar-refractivity contribution in [3.63, 3.8) is 0 Å². The average molecular weight is 281 g/mol. The number of nitrogens with one attached hydrogen (secondary N) is 1. The van der Waals surface area contributed by atoms with E-state index < -0.39 is 5.82 Å². The molecule has 8 heteroatoms. The molecule has 0 spiro atoms. The monoisotopic (exact) mass is 280 g/mol. The van der Waals surface area contributed by atoms with E-state index in [9.17, 15) is 4.39 Å². The minimum Gasteiger partial charge on any atom is -0.381 e. The summed E-state index contributed by atoms with van der Waals surface area (Å²) in [5.41, 5.74) is 6.90. The summed E-state index contributed by atoms with van der Waals surface area (Å²) < 4.78 is 13.1. The molecule has 1 aromatic rings. The lowest BCUT2D eigenvalue weighted by atomic mass is 10.0. The quantitative estimate of drug-likeness (QED) is 0.655. The maximum Gasteiger partial charge on any atom is 0.183 e. The highest BCUT2D eigenvalue weighted by Crippen LogP contribution is 2.34. The first-order chi connectivity index (χ1) is 9.06. The number of halogens is 2. The molecule has 3 rings (SSSR count). The largest absolute Gasteiger partial charge is 0.381 e. The van der Waals surface area contributed by atoms with Gasteiger partial charge < -0.3 is 11.1 Å². The molecule has 0 saturated heterocycles. The van der Waals surface area contributed by atoms with Crippen molar-refractivity contribution in [2.75, 3.05) is 5.73 Å². The molecule has 2 aliphatic rings. The molecule has 0 amide bonds. The van der Waals surface area contributed by atoms with Crippen molar-refractivity contribution in [2.45, 2.75) is 6.17 Å². The Morgan fingerprint density at radius 1 is 1.47 bits per heavy atom. The predicted octanol–water partition coefficient (Wildman–Crippen LogP) is 0.664. The van der Waals surface area contributed by atoms with Crippen LogP contribution in [0.5, 0.6) is 0 Å². The number of nitrogens with two attached hydrogens (primary N) is 2. The molecule has 0 aliphatic carbocycles. The molecule has 98 valence electrons. The van der Waals surface area contributed by atoms with E-state index in [2.05, 4.69) is 15.3 Å². The first-order valence-corrected chi connectivity index (χ1v) is 5.81. The molecule has 2 aliphatic heterocycles. The van der Waals surface area contributed by atoms with Gasteiger partial charge in [0.2, 0.25) is 0 Å². The zero-order chi connectivity index (χ0) is 13.6. The van der Waals surface area contributed by atoms with Gasteiger partial charge in [0.05, 0.1) is 11.2 Å². The van der Waals surface area contributed by atoms with Crippen LogP contribution >= 0.6 is 11.6 Å². The lowest BCUT2D eigenvalue weighted by Crippen LogP contribution is -2.43. The molecule has 0 saturated carbocycles. The smallest absolute Gasteiger partial charge is 0.183 e. The van der Waals surface area contributed by atoms with Crippen molar-refractivity contribution < 1.29 is 4.39 Å². The fourth-order valence-electron chi connectivity index (χ4n) is 1.98. The molecule has 1 atom stereocenters. The molecule has 19 heavy (non-hydrogen) atoms. The van der Waals surface area contributed by atoms with Crippen LogP contribution in [0.15, 0.2) is 35.3 Å². The Morgan fingerprint density at radius 2 is 2.26 bits per heavy atom. The summed E-state index contributed by atoms with van der Waals surface area (Å²) in [7, 11) is 0. The fraction of sp³-hybridized carbons (Fsp3) is 0.0909. The topological polar surface area (TPSA) is 93.1 Å². The van der Waals surface area contributed by atoms with Crippen molar-refractivity contribution in [2.24, 2.45) is 5.84 Å². The summed E-state index contributed by atoms with van der Waals surface area (Å²) >= 11 is 5.95. The van der Waals surface area contributed by atoms with E-state index in [0.29, 0.717) is 16.4 Å². The Kier molecular flexibility index (Phi) is 2.65. The van der Waals surface area contributed by atoms with Crippen LogP contribution in [-0.4, -0.2) is 21.1 Å². The summed E-state index contributed by atoms with van der Waals surface area (Å²) in [5.74, 6) is 5.29. The predicted molar refractivity (Wildman–Crippen MR) is 69.3 cm³/mol. The SMILES string of the molecule is Nc1nc(C2=CN(N)C3NC=C(Cl)C=C23)ncc1F. The van der Waals surface area contributed by atoms with Gasteiger partial charge in [-0.25, -0.2) is 20.2 Å². The van der Waals surface area contributed by atoms with Crippen LogP contribution in [0.3, 0.4) is 0 Å². The third-order valence-corrected chi connectivity index (χ3v) is 3.08. The second-order valence-corrected chi connectivity index (χ2v) is 4.55. The van der Waals surface area contributed by atoms with Gasteiger partial charge in [-0.15, -0.1) is 0 Å². The summed E-state index contributed by atoms with van der Waals surface area (Å²) in [6, 6.07) is 0. The molecule has 0 fully saturated rings. The highest BCUT2D eigenvalue weighted by atomic mass is 35.5. The number of anilines is 1. The zero-order valence-electron chi connectivity index (χ0n) is 9.64. The van der Waals surface area contributed by atoms with Gasteiger partial charge in [-0.2, -0.15) is 0 Å². The van der Waals surface area contributed by atoms with E-state index in [1.54, 1.807) is 18.5 Å². The van der Waals surface area contributed by atoms with Crippen LogP contribution in [0.2, 0.25) is 0 Å². The highest BCUT2D eigenvalue weighted by molar-refractivity contribution is 6.31. The highest BCUT2D eigenvalue weighted by Gasteiger charge is 2.31. The standard InChI is InChI=1S/C11H10ClFN6/c12-5-1-6-7(4-19(15)11(6)17-2-5)10-16-3-8(13)9(14)18-10/h1-4,11,17H,15H2,(H2,14,16,18). The van der Waals surface area contributed by atoms with Gasteiger partial charge in [-0.1, -0.05) is 11.6 Å². The number of dihydropyridines is 1. The number of allylic oxidation sites excluding steroid dienone is 2. The second kappa shape index (κ2) is 4.22. The molecular weight excluding hydrogens is 271 g/mol. The van der Waals surface area contributed by atoms with Crippen LogP contribution in [-0.2, 0) is 0 Å². The molecule has 1 aromatic heterocycles. The molecule has 5 N–H and O–H groups in total. The Morgan fingerprint density at radius 3 is 3.00 bits per heavy atom. The summed E-state index contributed by atoms with van der Waals surface area (Å²) in [5, 5.41) is 5.02. The number of nitrogen functional groups attached to an aromatic ring is 1. The number of rotatable bonds is 1. The Balaban J connectivity index is 2.06. The van der Waals surface area contributed by atoms with Crippen molar-refractivity contribution in [1.29, 1.82) is 0 Å². The van der Waals surface area contributed by atoms with Gasteiger partial charge in [-0.05, 0) is 6.08 Å². The average Bonchev–Trinajstić information content (AvgIpc) is 2.70. The van der Waals surface area contributed by atoms with Gasteiger partial charge in [0.15, 0.2) is 17.5 Å². The van der Waals surface area contributed by atoms with Crippen LogP contribution < -0.4 is 16.9 Å². The number of aromatic nitrogens is 2. The Labute approximate surface area is 113 Å². The van der Waals surface area contributed by atoms with Gasteiger partial charge in [0.25, 0.3) is 0 Å². The molecule has 1 unspecified atom stereocenters. The molecule has 0 radical (unpaired) electrons. The van der Waals surface area contributed by atoms with Crippen LogP contribution in [0.4, 0.5) is 10.2 Å². The molecule has 3 heterocycles. The van der Waals surface area contributed by atoms with Gasteiger partial charge in [0, 0.05) is 23.5 Å². The van der Waals surface area contributed by atoms with E-state index in [-0.39, 0.29) is 12.0 Å². The molecule has 0 aromatic carbocycles. The first kappa shape index (κ1) is 11.9. The first-order valence-electron chi connectivity index (χ1n) is 5.43. The number of fused-ring (bicyclic) bond motifs is 1. The van der Waals surface area contributed by atoms with Crippen LogP contribution in [0, 0.1) is 5.82 Å². The van der Waals surface area contributed by atoms with E-state index >= 15 is 0 Å². The Hall–Kier alpha value is -2.12. The van der Waals surface area contributed by atoms with E-state index in [1.165, 1.54) is 5.01 Å². The van der Waals surface area contributed by atoms with E-state index in [4.69, 9.17) is 23.2 Å². The summed E-state index contributed by atoms with van der Waals surface area (Å²) in [4.78, 5) is 7.84. The molecule has 6 nitrogen and oxygen atoms in total. The number of nitrogens with zero attached hydrogens (tertiary/aromatic N) is 3. The lowest BCUT2D eigenvalue weighted by Gasteiger charge is -2.24. The fourth-order valence-corrected chi connectivity index (χ4v) is 2.16. The molecule has 0 bridgehead atoms. The van der Waals surface area contributed by atoms with Crippen LogP contribution in [0.1, 0.15) is 5.82 Å². The maximum atomic E-state index is 13.1. The van der Waals surface area contributed by atoms with E-state index in [0.717, 1.165) is 11.8 Å².